The highest BCUT2D eigenvalue weighted by atomic mass is 16.2. The largest absolute Gasteiger partial charge is 0.357 e. The van der Waals surface area contributed by atoms with Gasteiger partial charge in [-0.2, -0.15) is 0 Å². The van der Waals surface area contributed by atoms with Crippen LogP contribution >= 0.6 is 0 Å². The highest BCUT2D eigenvalue weighted by Crippen LogP contribution is 2.18. The maximum absolute atomic E-state index is 13.5. The van der Waals surface area contributed by atoms with Crippen molar-refractivity contribution in [2.24, 2.45) is 0 Å². The zero-order valence-corrected chi connectivity index (χ0v) is 18.5. The molecule has 0 heterocycles. The molecule has 3 aromatic rings. The first-order valence-electron chi connectivity index (χ1n) is 10.6. The van der Waals surface area contributed by atoms with Crippen molar-refractivity contribution in [1.82, 2.24) is 10.2 Å². The first-order valence-corrected chi connectivity index (χ1v) is 10.6. The number of carbonyl (C=O) groups is 2. The van der Waals surface area contributed by atoms with E-state index >= 15 is 0 Å². The molecule has 1 N–H and O–H groups in total. The third-order valence-corrected chi connectivity index (χ3v) is 5.59. The number of hydrogen-bond acceptors (Lipinski definition) is 2. The average molecular weight is 415 g/mol. The smallest absolute Gasteiger partial charge is 0.242 e. The Morgan fingerprint density at radius 1 is 0.839 bits per heavy atom. The number of amides is 2. The summed E-state index contributed by atoms with van der Waals surface area (Å²) in [7, 11) is 1.62. The van der Waals surface area contributed by atoms with Gasteiger partial charge in [0, 0.05) is 20.0 Å². The maximum atomic E-state index is 13.5. The van der Waals surface area contributed by atoms with Gasteiger partial charge in [0.05, 0.1) is 6.42 Å². The van der Waals surface area contributed by atoms with Gasteiger partial charge >= 0.3 is 0 Å². The van der Waals surface area contributed by atoms with Gasteiger partial charge < -0.3 is 10.2 Å². The lowest BCUT2D eigenvalue weighted by molar-refractivity contribution is -0.140. The summed E-state index contributed by atoms with van der Waals surface area (Å²) in [6.45, 7) is 4.43. The van der Waals surface area contributed by atoms with Crippen molar-refractivity contribution in [2.45, 2.75) is 39.3 Å². The van der Waals surface area contributed by atoms with Crippen LogP contribution in [0.2, 0.25) is 0 Å². The molecule has 0 saturated heterocycles. The van der Waals surface area contributed by atoms with Crippen LogP contribution in [0, 0.1) is 13.8 Å². The summed E-state index contributed by atoms with van der Waals surface area (Å²) in [5, 5.41) is 2.76. The Bertz CT molecular complexity index is 1010. The molecule has 0 aliphatic rings. The van der Waals surface area contributed by atoms with Crippen molar-refractivity contribution in [3.63, 3.8) is 0 Å². The summed E-state index contributed by atoms with van der Waals surface area (Å²) in [6, 6.07) is 25.3. The van der Waals surface area contributed by atoms with E-state index in [2.05, 4.69) is 5.32 Å². The van der Waals surface area contributed by atoms with Gasteiger partial charge in [0.2, 0.25) is 11.8 Å². The van der Waals surface area contributed by atoms with Gasteiger partial charge in [-0.25, -0.2) is 0 Å². The molecule has 3 aromatic carbocycles. The van der Waals surface area contributed by atoms with E-state index in [4.69, 9.17) is 0 Å². The molecule has 0 aliphatic carbocycles. The summed E-state index contributed by atoms with van der Waals surface area (Å²) < 4.78 is 0. The van der Waals surface area contributed by atoms with E-state index in [0.717, 1.165) is 27.8 Å². The minimum atomic E-state index is -0.592. The lowest BCUT2D eigenvalue weighted by Gasteiger charge is -2.31. The van der Waals surface area contributed by atoms with Crippen LogP contribution in [0.25, 0.3) is 0 Å². The van der Waals surface area contributed by atoms with Crippen molar-refractivity contribution >= 4 is 11.8 Å². The molecule has 0 saturated carbocycles. The third kappa shape index (κ3) is 6.05. The fourth-order valence-electron chi connectivity index (χ4n) is 3.68. The maximum Gasteiger partial charge on any atom is 0.242 e. The highest BCUT2D eigenvalue weighted by Gasteiger charge is 2.30. The fourth-order valence-corrected chi connectivity index (χ4v) is 3.68. The van der Waals surface area contributed by atoms with Gasteiger partial charge in [0.15, 0.2) is 0 Å². The van der Waals surface area contributed by atoms with Gasteiger partial charge in [-0.15, -0.1) is 0 Å². The van der Waals surface area contributed by atoms with Crippen molar-refractivity contribution < 1.29 is 9.59 Å². The molecule has 0 aromatic heterocycles. The van der Waals surface area contributed by atoms with Gasteiger partial charge in [0.25, 0.3) is 0 Å². The number of benzene rings is 3. The lowest BCUT2D eigenvalue weighted by Crippen LogP contribution is -2.50. The van der Waals surface area contributed by atoms with Crippen LogP contribution in [0.15, 0.2) is 78.9 Å². The molecule has 1 unspecified atom stereocenters. The van der Waals surface area contributed by atoms with Crippen LogP contribution in [0.4, 0.5) is 0 Å². The van der Waals surface area contributed by atoms with Gasteiger partial charge in [-0.05, 0) is 36.1 Å². The molecule has 160 valence electrons. The standard InChI is InChI=1S/C27H30N2O2/c1-20-13-15-23(16-14-20)19-29(26(30)18-24-12-8-7-9-21(24)2)25(27(31)28-3)17-22-10-5-4-6-11-22/h4-16,25H,17-19H2,1-3H3,(H,28,31). The van der Waals surface area contributed by atoms with Crippen molar-refractivity contribution in [3.05, 3.63) is 107 Å². The van der Waals surface area contributed by atoms with E-state index in [1.807, 2.05) is 92.7 Å². The minimum Gasteiger partial charge on any atom is -0.357 e. The van der Waals surface area contributed by atoms with E-state index in [-0.39, 0.29) is 18.2 Å². The van der Waals surface area contributed by atoms with Crippen LogP contribution < -0.4 is 5.32 Å². The molecule has 4 heteroatoms. The molecule has 4 nitrogen and oxygen atoms in total. The Morgan fingerprint density at radius 2 is 1.48 bits per heavy atom. The summed E-state index contributed by atoms with van der Waals surface area (Å²) in [4.78, 5) is 28.2. The second-order valence-electron chi connectivity index (χ2n) is 7.93. The number of hydrogen-bond donors (Lipinski definition) is 1. The third-order valence-electron chi connectivity index (χ3n) is 5.59. The highest BCUT2D eigenvalue weighted by molar-refractivity contribution is 5.88. The second kappa shape index (κ2) is 10.6. The molecule has 2 amide bonds. The number of nitrogens with zero attached hydrogens (tertiary/aromatic N) is 1. The van der Waals surface area contributed by atoms with E-state index in [1.165, 1.54) is 0 Å². The molecule has 0 radical (unpaired) electrons. The topological polar surface area (TPSA) is 49.4 Å². The normalized spacial score (nSPS) is 11.6. The first-order chi connectivity index (χ1) is 15.0. The van der Waals surface area contributed by atoms with Crippen LogP contribution in [0.3, 0.4) is 0 Å². The number of rotatable bonds is 8. The predicted octanol–water partition coefficient (Wildman–Crippen LogP) is 4.23. The zero-order chi connectivity index (χ0) is 22.2. The number of carbonyl (C=O) groups excluding carboxylic acids is 2. The average Bonchev–Trinajstić information content (AvgIpc) is 2.79. The van der Waals surface area contributed by atoms with Gasteiger partial charge in [0.1, 0.15) is 6.04 Å². The molecule has 3 rings (SSSR count). The summed E-state index contributed by atoms with van der Waals surface area (Å²) in [5.74, 6) is -0.214. The summed E-state index contributed by atoms with van der Waals surface area (Å²) in [6.07, 6.45) is 0.729. The molecule has 1 atom stereocenters. The van der Waals surface area contributed by atoms with E-state index in [1.54, 1.807) is 11.9 Å². The Kier molecular flexibility index (Phi) is 7.60. The van der Waals surface area contributed by atoms with E-state index in [0.29, 0.717) is 13.0 Å². The van der Waals surface area contributed by atoms with E-state index in [9.17, 15) is 9.59 Å². The summed E-state index contributed by atoms with van der Waals surface area (Å²) in [5.41, 5.74) is 5.25. The van der Waals surface area contributed by atoms with Crippen LogP contribution in [0.5, 0.6) is 0 Å². The molecular formula is C27H30N2O2. The fraction of sp³-hybridized carbons (Fsp3) is 0.259. The van der Waals surface area contributed by atoms with Crippen molar-refractivity contribution in [3.8, 4) is 0 Å². The van der Waals surface area contributed by atoms with Crippen LogP contribution in [-0.2, 0) is 29.0 Å². The summed E-state index contributed by atoms with van der Waals surface area (Å²) >= 11 is 0. The zero-order valence-electron chi connectivity index (χ0n) is 18.5. The first kappa shape index (κ1) is 22.3. The van der Waals surface area contributed by atoms with Crippen molar-refractivity contribution in [1.29, 1.82) is 0 Å². The Morgan fingerprint density at radius 3 is 2.13 bits per heavy atom. The number of aryl methyl sites for hydroxylation is 2. The van der Waals surface area contributed by atoms with Gasteiger partial charge in [-0.1, -0.05) is 84.4 Å². The number of likely N-dealkylation sites (N-methyl/N-ethyl adjacent to an activating group) is 1. The van der Waals surface area contributed by atoms with Gasteiger partial charge in [-0.3, -0.25) is 9.59 Å². The molecule has 0 fully saturated rings. The minimum absolute atomic E-state index is 0.0561. The Balaban J connectivity index is 1.94. The molecule has 0 aliphatic heterocycles. The lowest BCUT2D eigenvalue weighted by atomic mass is 10.00. The Labute approximate surface area is 184 Å². The van der Waals surface area contributed by atoms with E-state index < -0.39 is 6.04 Å². The monoisotopic (exact) mass is 414 g/mol. The van der Waals surface area contributed by atoms with Crippen LogP contribution in [-0.4, -0.2) is 29.8 Å². The number of nitrogens with one attached hydrogen (secondary N) is 1. The Hall–Kier alpha value is -3.40. The molecule has 0 spiro atoms. The molecular weight excluding hydrogens is 384 g/mol. The predicted molar refractivity (Wildman–Crippen MR) is 125 cm³/mol. The molecule has 0 bridgehead atoms. The second-order valence-corrected chi connectivity index (χ2v) is 7.93. The quantitative estimate of drug-likeness (QED) is 0.600. The molecule has 31 heavy (non-hydrogen) atoms. The van der Waals surface area contributed by atoms with Crippen molar-refractivity contribution in [2.75, 3.05) is 7.05 Å². The van der Waals surface area contributed by atoms with Crippen LogP contribution in [0.1, 0.15) is 27.8 Å². The SMILES string of the molecule is CNC(=O)C(Cc1ccccc1)N(Cc1ccc(C)cc1)C(=O)Cc1ccccc1C.